The first kappa shape index (κ1) is 15.0. The van der Waals surface area contributed by atoms with Crippen LogP contribution in [-0.4, -0.2) is 47.7 Å². The third-order valence-corrected chi connectivity index (χ3v) is 3.21. The van der Waals surface area contributed by atoms with E-state index in [2.05, 4.69) is 0 Å². The second-order valence-electron chi connectivity index (χ2n) is 4.67. The zero-order valence-electron chi connectivity index (χ0n) is 11.1. The minimum atomic E-state index is -0.797. The number of carboxylic acids is 1. The van der Waals surface area contributed by atoms with E-state index in [1.165, 1.54) is 0 Å². The van der Waals surface area contributed by atoms with Crippen LogP contribution in [0.2, 0.25) is 0 Å². The molecule has 0 aliphatic carbocycles. The van der Waals surface area contributed by atoms with Gasteiger partial charge in [0.05, 0.1) is 6.10 Å². The molecule has 1 fully saturated rings. The van der Waals surface area contributed by atoms with Gasteiger partial charge in [-0.05, 0) is 32.6 Å². The monoisotopic (exact) mass is 257 g/mol. The Morgan fingerprint density at radius 3 is 2.61 bits per heavy atom. The van der Waals surface area contributed by atoms with E-state index in [1.54, 1.807) is 0 Å². The summed E-state index contributed by atoms with van der Waals surface area (Å²) in [7, 11) is 0. The number of carbonyl (C=O) groups is 2. The fourth-order valence-electron chi connectivity index (χ4n) is 2.15. The average Bonchev–Trinajstić information content (AvgIpc) is 2.84. The zero-order chi connectivity index (χ0) is 13.4. The molecule has 1 aliphatic heterocycles. The molecule has 18 heavy (non-hydrogen) atoms. The van der Waals surface area contributed by atoms with E-state index in [0.29, 0.717) is 32.4 Å². The number of amides is 1. The van der Waals surface area contributed by atoms with E-state index in [4.69, 9.17) is 9.84 Å². The molecule has 5 nitrogen and oxygen atoms in total. The Balaban J connectivity index is 2.21. The maximum absolute atomic E-state index is 11.9. The van der Waals surface area contributed by atoms with Crippen LogP contribution in [0.5, 0.6) is 0 Å². The lowest BCUT2D eigenvalue weighted by Crippen LogP contribution is -2.37. The minimum absolute atomic E-state index is 0.110. The first-order chi connectivity index (χ1) is 8.63. The predicted octanol–water partition coefficient (Wildman–Crippen LogP) is 1.66. The highest BCUT2D eigenvalue weighted by molar-refractivity contribution is 5.76. The van der Waals surface area contributed by atoms with E-state index < -0.39 is 5.97 Å². The second-order valence-corrected chi connectivity index (χ2v) is 4.67. The molecule has 1 heterocycles. The molecule has 0 radical (unpaired) electrons. The first-order valence-electron chi connectivity index (χ1n) is 6.74. The fraction of sp³-hybridized carbons (Fsp3) is 0.846. The van der Waals surface area contributed by atoms with Gasteiger partial charge in [-0.1, -0.05) is 0 Å². The molecule has 1 aliphatic rings. The normalized spacial score (nSPS) is 18.8. The van der Waals surface area contributed by atoms with Crippen molar-refractivity contribution in [1.82, 2.24) is 4.90 Å². The van der Waals surface area contributed by atoms with Gasteiger partial charge in [-0.2, -0.15) is 0 Å². The van der Waals surface area contributed by atoms with Gasteiger partial charge >= 0.3 is 5.97 Å². The molecule has 104 valence electrons. The third kappa shape index (κ3) is 5.49. The summed E-state index contributed by atoms with van der Waals surface area (Å²) in [6.07, 6.45) is 4.09. The summed E-state index contributed by atoms with van der Waals surface area (Å²) >= 11 is 0. The SMILES string of the molecule is CCN(CC1CCCO1)C(=O)CCCCC(=O)O. The highest BCUT2D eigenvalue weighted by atomic mass is 16.5. The number of carboxylic acid groups (broad SMARTS) is 1. The number of carbonyl (C=O) groups excluding carboxylic acids is 1. The van der Waals surface area contributed by atoms with Crippen molar-refractivity contribution >= 4 is 11.9 Å². The lowest BCUT2D eigenvalue weighted by atomic mass is 10.1. The predicted molar refractivity (Wildman–Crippen MR) is 67.3 cm³/mol. The fourth-order valence-corrected chi connectivity index (χ4v) is 2.15. The summed E-state index contributed by atoms with van der Waals surface area (Å²) in [6.45, 7) is 4.13. The van der Waals surface area contributed by atoms with Crippen LogP contribution in [0.3, 0.4) is 0 Å². The maximum atomic E-state index is 11.9. The maximum Gasteiger partial charge on any atom is 0.303 e. The molecule has 1 rings (SSSR count). The van der Waals surface area contributed by atoms with Crippen molar-refractivity contribution in [3.8, 4) is 0 Å². The molecule has 1 saturated heterocycles. The summed E-state index contributed by atoms with van der Waals surface area (Å²) in [4.78, 5) is 24.1. The molecule has 0 spiro atoms. The number of unbranched alkanes of at least 4 members (excludes halogenated alkanes) is 1. The number of likely N-dealkylation sites (N-methyl/N-ethyl adjacent to an activating group) is 1. The van der Waals surface area contributed by atoms with Gasteiger partial charge in [0.2, 0.25) is 5.91 Å². The van der Waals surface area contributed by atoms with Gasteiger partial charge in [0.25, 0.3) is 0 Å². The lowest BCUT2D eigenvalue weighted by molar-refractivity contribution is -0.137. The van der Waals surface area contributed by atoms with Crippen molar-refractivity contribution in [3.05, 3.63) is 0 Å². The molecule has 1 atom stereocenters. The van der Waals surface area contributed by atoms with Crippen molar-refractivity contribution < 1.29 is 19.4 Å². The standard InChI is InChI=1S/C13H23NO4/c1-2-14(10-11-6-5-9-18-11)12(15)7-3-4-8-13(16)17/h11H,2-10H2,1H3,(H,16,17). The van der Waals surface area contributed by atoms with Crippen LogP contribution in [-0.2, 0) is 14.3 Å². The minimum Gasteiger partial charge on any atom is -0.481 e. The van der Waals surface area contributed by atoms with Gasteiger partial charge in [-0.15, -0.1) is 0 Å². The lowest BCUT2D eigenvalue weighted by Gasteiger charge is -2.24. The van der Waals surface area contributed by atoms with Crippen molar-refractivity contribution in [2.75, 3.05) is 19.7 Å². The molecule has 1 amide bonds. The Morgan fingerprint density at radius 2 is 2.06 bits per heavy atom. The molecular formula is C13H23NO4. The van der Waals surface area contributed by atoms with Crippen LogP contribution in [0, 0.1) is 0 Å². The Labute approximate surface area is 108 Å². The van der Waals surface area contributed by atoms with E-state index in [9.17, 15) is 9.59 Å². The summed E-state index contributed by atoms with van der Waals surface area (Å²) in [5.41, 5.74) is 0. The van der Waals surface area contributed by atoms with Gasteiger partial charge in [0.15, 0.2) is 0 Å². The number of aliphatic carboxylic acids is 1. The molecule has 5 heteroatoms. The van der Waals surface area contributed by atoms with Crippen LogP contribution in [0.25, 0.3) is 0 Å². The summed E-state index contributed by atoms with van der Waals surface area (Å²) < 4.78 is 5.52. The Kier molecular flexibility index (Phi) is 6.72. The molecule has 0 bridgehead atoms. The van der Waals surface area contributed by atoms with Crippen LogP contribution >= 0.6 is 0 Å². The molecule has 0 aromatic heterocycles. The van der Waals surface area contributed by atoms with E-state index in [0.717, 1.165) is 19.4 Å². The number of ether oxygens (including phenoxy) is 1. The summed E-state index contributed by atoms with van der Waals surface area (Å²) in [6, 6.07) is 0. The molecule has 1 unspecified atom stereocenters. The molecule has 0 aromatic carbocycles. The Hall–Kier alpha value is -1.10. The van der Waals surface area contributed by atoms with E-state index in [-0.39, 0.29) is 18.4 Å². The average molecular weight is 257 g/mol. The molecule has 1 N–H and O–H groups in total. The number of rotatable bonds is 8. The van der Waals surface area contributed by atoms with Gasteiger partial charge in [0.1, 0.15) is 0 Å². The van der Waals surface area contributed by atoms with Crippen LogP contribution < -0.4 is 0 Å². The molecule has 0 saturated carbocycles. The van der Waals surface area contributed by atoms with E-state index >= 15 is 0 Å². The topological polar surface area (TPSA) is 66.8 Å². The third-order valence-electron chi connectivity index (χ3n) is 3.21. The Bertz CT molecular complexity index is 274. The number of nitrogens with zero attached hydrogens (tertiary/aromatic N) is 1. The quantitative estimate of drug-likeness (QED) is 0.671. The van der Waals surface area contributed by atoms with E-state index in [1.807, 2.05) is 11.8 Å². The highest BCUT2D eigenvalue weighted by Crippen LogP contribution is 2.14. The summed E-state index contributed by atoms with van der Waals surface area (Å²) in [5.74, 6) is -0.687. The van der Waals surface area contributed by atoms with Crippen LogP contribution in [0.1, 0.15) is 45.4 Å². The molecular weight excluding hydrogens is 234 g/mol. The second kappa shape index (κ2) is 8.08. The zero-order valence-corrected chi connectivity index (χ0v) is 11.1. The van der Waals surface area contributed by atoms with Gasteiger partial charge in [-0.25, -0.2) is 0 Å². The first-order valence-corrected chi connectivity index (χ1v) is 6.74. The van der Waals surface area contributed by atoms with Crippen molar-refractivity contribution in [2.24, 2.45) is 0 Å². The number of hydrogen-bond donors (Lipinski definition) is 1. The van der Waals surface area contributed by atoms with Crippen LogP contribution in [0.4, 0.5) is 0 Å². The highest BCUT2D eigenvalue weighted by Gasteiger charge is 2.21. The van der Waals surface area contributed by atoms with Crippen molar-refractivity contribution in [3.63, 3.8) is 0 Å². The Morgan fingerprint density at radius 1 is 1.33 bits per heavy atom. The van der Waals surface area contributed by atoms with Crippen molar-refractivity contribution in [1.29, 1.82) is 0 Å². The van der Waals surface area contributed by atoms with Gasteiger partial charge in [0, 0.05) is 32.5 Å². The molecule has 0 aromatic rings. The van der Waals surface area contributed by atoms with Crippen LogP contribution in [0.15, 0.2) is 0 Å². The summed E-state index contributed by atoms with van der Waals surface area (Å²) in [5, 5.41) is 8.51. The van der Waals surface area contributed by atoms with Gasteiger partial charge < -0.3 is 14.7 Å². The smallest absolute Gasteiger partial charge is 0.303 e. The largest absolute Gasteiger partial charge is 0.481 e. The van der Waals surface area contributed by atoms with Crippen molar-refractivity contribution in [2.45, 2.75) is 51.6 Å². The number of hydrogen-bond acceptors (Lipinski definition) is 3. The van der Waals surface area contributed by atoms with Gasteiger partial charge in [-0.3, -0.25) is 9.59 Å².